The molecule has 2 heteroatoms. The van der Waals surface area contributed by atoms with E-state index in [9.17, 15) is 0 Å². The van der Waals surface area contributed by atoms with E-state index in [4.69, 9.17) is 0 Å². The molecule has 0 saturated carbocycles. The number of nitrogens with one attached hydrogen (secondary N) is 1. The average Bonchev–Trinajstić information content (AvgIpc) is 2.45. The molecule has 0 fully saturated rings. The van der Waals surface area contributed by atoms with Crippen LogP contribution in [0.15, 0.2) is 18.2 Å². The van der Waals surface area contributed by atoms with Gasteiger partial charge in [0.2, 0.25) is 0 Å². The lowest BCUT2D eigenvalue weighted by atomic mass is 10.0. The van der Waals surface area contributed by atoms with Crippen molar-refractivity contribution in [3.8, 4) is 0 Å². The Labute approximate surface area is 129 Å². The SMILES string of the molecule is CCCNC(CSC(C)CC)Cc1ccc(C)c(C)c1. The van der Waals surface area contributed by atoms with Gasteiger partial charge < -0.3 is 5.32 Å². The Morgan fingerprint density at radius 2 is 1.90 bits per heavy atom. The summed E-state index contributed by atoms with van der Waals surface area (Å²) in [4.78, 5) is 0. The zero-order chi connectivity index (χ0) is 15.0. The van der Waals surface area contributed by atoms with Crippen LogP contribution >= 0.6 is 11.8 Å². The molecule has 1 nitrogen and oxygen atoms in total. The van der Waals surface area contributed by atoms with Crippen LogP contribution < -0.4 is 5.32 Å². The van der Waals surface area contributed by atoms with Crippen molar-refractivity contribution in [1.82, 2.24) is 5.32 Å². The number of thioether (sulfide) groups is 1. The van der Waals surface area contributed by atoms with Crippen molar-refractivity contribution in [2.24, 2.45) is 0 Å². The third-order valence-electron chi connectivity index (χ3n) is 3.89. The molecule has 2 atom stereocenters. The van der Waals surface area contributed by atoms with Crippen molar-refractivity contribution in [2.75, 3.05) is 12.3 Å². The second kappa shape index (κ2) is 9.46. The maximum atomic E-state index is 3.71. The molecule has 0 radical (unpaired) electrons. The Hall–Kier alpha value is -0.470. The Bertz CT molecular complexity index is 389. The molecule has 114 valence electrons. The molecule has 1 aromatic carbocycles. The highest BCUT2D eigenvalue weighted by atomic mass is 32.2. The third-order valence-corrected chi connectivity index (χ3v) is 5.39. The van der Waals surface area contributed by atoms with E-state index in [1.54, 1.807) is 0 Å². The molecule has 1 rings (SSSR count). The molecule has 1 aromatic rings. The Morgan fingerprint density at radius 3 is 2.50 bits per heavy atom. The first-order valence-electron chi connectivity index (χ1n) is 7.97. The summed E-state index contributed by atoms with van der Waals surface area (Å²) in [5.41, 5.74) is 4.26. The summed E-state index contributed by atoms with van der Waals surface area (Å²) < 4.78 is 0. The van der Waals surface area contributed by atoms with Crippen molar-refractivity contribution in [3.05, 3.63) is 34.9 Å². The molecule has 20 heavy (non-hydrogen) atoms. The van der Waals surface area contributed by atoms with Gasteiger partial charge in [-0.15, -0.1) is 0 Å². The van der Waals surface area contributed by atoms with E-state index < -0.39 is 0 Å². The van der Waals surface area contributed by atoms with E-state index in [0.29, 0.717) is 6.04 Å². The number of rotatable bonds is 9. The summed E-state index contributed by atoms with van der Waals surface area (Å²) in [6, 6.07) is 7.49. The fraction of sp³-hybridized carbons (Fsp3) is 0.667. The van der Waals surface area contributed by atoms with Gasteiger partial charge in [-0.25, -0.2) is 0 Å². The van der Waals surface area contributed by atoms with Crippen LogP contribution in [0.4, 0.5) is 0 Å². The molecule has 0 heterocycles. The predicted molar refractivity (Wildman–Crippen MR) is 93.9 cm³/mol. The Kier molecular flexibility index (Phi) is 8.32. The topological polar surface area (TPSA) is 12.0 Å². The molecule has 0 aliphatic heterocycles. The summed E-state index contributed by atoms with van der Waals surface area (Å²) in [7, 11) is 0. The molecule has 0 saturated heterocycles. The minimum absolute atomic E-state index is 0.594. The van der Waals surface area contributed by atoms with Crippen LogP contribution in [0.25, 0.3) is 0 Å². The van der Waals surface area contributed by atoms with Crippen LogP contribution in [-0.4, -0.2) is 23.6 Å². The van der Waals surface area contributed by atoms with Crippen molar-refractivity contribution >= 4 is 11.8 Å². The predicted octanol–water partition coefficient (Wildman–Crippen LogP) is 4.75. The number of aryl methyl sites for hydroxylation is 2. The Balaban J connectivity index is 2.60. The van der Waals surface area contributed by atoms with Crippen LogP contribution in [0.5, 0.6) is 0 Å². The number of hydrogen-bond acceptors (Lipinski definition) is 2. The monoisotopic (exact) mass is 293 g/mol. The quantitative estimate of drug-likeness (QED) is 0.705. The van der Waals surface area contributed by atoms with E-state index in [-0.39, 0.29) is 0 Å². The minimum atomic E-state index is 0.594. The molecule has 1 N–H and O–H groups in total. The lowest BCUT2D eigenvalue weighted by molar-refractivity contribution is 0.549. The second-order valence-corrected chi connectivity index (χ2v) is 7.30. The fourth-order valence-corrected chi connectivity index (χ4v) is 3.18. The summed E-state index contributed by atoms with van der Waals surface area (Å²) >= 11 is 2.10. The smallest absolute Gasteiger partial charge is 0.0198 e. The highest BCUT2D eigenvalue weighted by molar-refractivity contribution is 7.99. The molecular formula is C18H31NS. The molecular weight excluding hydrogens is 262 g/mol. The van der Waals surface area contributed by atoms with Gasteiger partial charge in [-0.2, -0.15) is 11.8 Å². The lowest BCUT2D eigenvalue weighted by Crippen LogP contribution is -2.34. The number of hydrogen-bond donors (Lipinski definition) is 1. The van der Waals surface area contributed by atoms with Crippen LogP contribution in [0, 0.1) is 13.8 Å². The first-order chi connectivity index (χ1) is 9.56. The van der Waals surface area contributed by atoms with Crippen LogP contribution in [0.3, 0.4) is 0 Å². The number of benzene rings is 1. The highest BCUT2D eigenvalue weighted by Gasteiger charge is 2.11. The molecule has 0 amide bonds. The highest BCUT2D eigenvalue weighted by Crippen LogP contribution is 2.18. The maximum absolute atomic E-state index is 3.71. The van der Waals surface area contributed by atoms with Crippen LogP contribution in [-0.2, 0) is 6.42 Å². The molecule has 0 aliphatic rings. The zero-order valence-electron chi connectivity index (χ0n) is 13.8. The lowest BCUT2D eigenvalue weighted by Gasteiger charge is -2.20. The second-order valence-electron chi connectivity index (χ2n) is 5.83. The van der Waals surface area contributed by atoms with Crippen molar-refractivity contribution in [3.63, 3.8) is 0 Å². The normalized spacial score (nSPS) is 14.2. The van der Waals surface area contributed by atoms with E-state index in [1.165, 1.54) is 35.3 Å². The minimum Gasteiger partial charge on any atom is -0.313 e. The molecule has 0 bridgehead atoms. The van der Waals surface area contributed by atoms with Crippen LogP contribution in [0.2, 0.25) is 0 Å². The van der Waals surface area contributed by atoms with E-state index in [2.05, 4.69) is 69.9 Å². The van der Waals surface area contributed by atoms with Gasteiger partial charge in [0.15, 0.2) is 0 Å². The van der Waals surface area contributed by atoms with Gasteiger partial charge >= 0.3 is 0 Å². The van der Waals surface area contributed by atoms with Gasteiger partial charge in [0.1, 0.15) is 0 Å². The van der Waals surface area contributed by atoms with Crippen LogP contribution in [0.1, 0.15) is 50.3 Å². The van der Waals surface area contributed by atoms with E-state index >= 15 is 0 Å². The molecule has 0 spiro atoms. The maximum Gasteiger partial charge on any atom is 0.0198 e. The Morgan fingerprint density at radius 1 is 1.15 bits per heavy atom. The standard InChI is InChI=1S/C18H31NS/c1-6-10-19-18(13-20-16(5)7-2)12-17-9-8-14(3)15(4)11-17/h8-9,11,16,18-19H,6-7,10,12-13H2,1-5H3. The van der Waals surface area contributed by atoms with Crippen molar-refractivity contribution in [1.29, 1.82) is 0 Å². The summed E-state index contributed by atoms with van der Waals surface area (Å²) in [6.07, 6.45) is 3.61. The van der Waals surface area contributed by atoms with Gasteiger partial charge in [0.05, 0.1) is 0 Å². The largest absolute Gasteiger partial charge is 0.313 e. The van der Waals surface area contributed by atoms with Gasteiger partial charge in [-0.3, -0.25) is 0 Å². The van der Waals surface area contributed by atoms with E-state index in [1.807, 2.05) is 0 Å². The van der Waals surface area contributed by atoms with Gasteiger partial charge in [0.25, 0.3) is 0 Å². The molecule has 0 aliphatic carbocycles. The van der Waals surface area contributed by atoms with Gasteiger partial charge in [0, 0.05) is 17.0 Å². The van der Waals surface area contributed by atoms with Crippen molar-refractivity contribution < 1.29 is 0 Å². The third kappa shape index (κ3) is 6.32. The summed E-state index contributed by atoms with van der Waals surface area (Å²) in [5.74, 6) is 1.21. The zero-order valence-corrected chi connectivity index (χ0v) is 14.6. The summed E-state index contributed by atoms with van der Waals surface area (Å²) in [6.45, 7) is 12.4. The first kappa shape index (κ1) is 17.6. The first-order valence-corrected chi connectivity index (χ1v) is 9.02. The van der Waals surface area contributed by atoms with E-state index in [0.717, 1.165) is 18.2 Å². The van der Waals surface area contributed by atoms with Crippen molar-refractivity contribution in [2.45, 2.75) is 65.2 Å². The summed E-state index contributed by atoms with van der Waals surface area (Å²) in [5, 5.41) is 4.48. The van der Waals surface area contributed by atoms with Gasteiger partial charge in [-0.05, 0) is 56.3 Å². The van der Waals surface area contributed by atoms with Gasteiger partial charge in [-0.1, -0.05) is 39.0 Å². The average molecular weight is 294 g/mol. The molecule has 2 unspecified atom stereocenters. The fourth-order valence-electron chi connectivity index (χ4n) is 2.15. The molecule has 0 aromatic heterocycles.